The van der Waals surface area contributed by atoms with E-state index in [2.05, 4.69) is 27.9 Å². The van der Waals surface area contributed by atoms with Crippen molar-refractivity contribution in [3.63, 3.8) is 0 Å². The van der Waals surface area contributed by atoms with Gasteiger partial charge in [-0.3, -0.25) is 9.52 Å². The Hall–Kier alpha value is -2.83. The van der Waals surface area contributed by atoms with Crippen molar-refractivity contribution in [2.45, 2.75) is 94.1 Å². The SMILES string of the molecule is C=CCCCO[C@H]1CCN(C(=O)NS[C@@](CC)(C(=O)N2C[C@H](OC3=NCC/C=C\C(=C)N=C3Cl)C[C@H]2C(=O)OC)C2CCCC2)C1. The number of rotatable bonds is 12. The molecule has 0 aromatic heterocycles. The van der Waals surface area contributed by atoms with Crippen molar-refractivity contribution in [3.05, 3.63) is 37.1 Å². The molecule has 13 heteroatoms. The Kier molecular flexibility index (Phi) is 13.6. The smallest absolute Gasteiger partial charge is 0.328 e. The minimum absolute atomic E-state index is 0.00462. The van der Waals surface area contributed by atoms with E-state index in [1.54, 1.807) is 15.9 Å². The Labute approximate surface area is 282 Å². The lowest BCUT2D eigenvalue weighted by Crippen LogP contribution is -2.55. The van der Waals surface area contributed by atoms with E-state index in [1.165, 1.54) is 19.1 Å². The van der Waals surface area contributed by atoms with Gasteiger partial charge in [-0.15, -0.1) is 6.58 Å². The van der Waals surface area contributed by atoms with Crippen molar-refractivity contribution in [2.75, 3.05) is 39.9 Å². The number of hydrogen-bond acceptors (Lipinski definition) is 9. The van der Waals surface area contributed by atoms with Crippen LogP contribution in [-0.2, 0) is 23.8 Å². The minimum atomic E-state index is -0.966. The first kappa shape index (κ1) is 36.0. The summed E-state index contributed by atoms with van der Waals surface area (Å²) in [4.78, 5) is 53.2. The molecule has 0 bridgehead atoms. The van der Waals surface area contributed by atoms with E-state index in [-0.39, 0.29) is 48.0 Å². The van der Waals surface area contributed by atoms with Crippen LogP contribution >= 0.6 is 23.5 Å². The number of amides is 3. The molecule has 46 heavy (non-hydrogen) atoms. The van der Waals surface area contributed by atoms with Crippen LogP contribution in [0.5, 0.6) is 0 Å². The first-order chi connectivity index (χ1) is 22.2. The maximum absolute atomic E-state index is 14.7. The third kappa shape index (κ3) is 8.95. The molecule has 4 rings (SSSR count). The highest BCUT2D eigenvalue weighted by Crippen LogP contribution is 2.46. The number of allylic oxidation sites excluding steroid dienone is 2. The Morgan fingerprint density at radius 3 is 2.72 bits per heavy atom. The molecule has 4 aliphatic rings. The van der Waals surface area contributed by atoms with Crippen LogP contribution in [0.4, 0.5) is 4.79 Å². The van der Waals surface area contributed by atoms with Gasteiger partial charge in [0.2, 0.25) is 11.8 Å². The molecule has 1 N–H and O–H groups in total. The molecule has 0 aromatic rings. The van der Waals surface area contributed by atoms with Crippen molar-refractivity contribution >= 4 is 52.5 Å². The summed E-state index contributed by atoms with van der Waals surface area (Å²) in [5.74, 6) is -0.531. The number of methoxy groups -OCH3 is 1. The third-order valence-electron chi connectivity index (χ3n) is 9.12. The Morgan fingerprint density at radius 2 is 2.00 bits per heavy atom. The van der Waals surface area contributed by atoms with E-state index in [1.807, 2.05) is 19.1 Å². The fourth-order valence-electron chi connectivity index (χ4n) is 6.62. The molecule has 0 radical (unpaired) electrons. The van der Waals surface area contributed by atoms with Crippen LogP contribution in [0.2, 0.25) is 0 Å². The van der Waals surface area contributed by atoms with Gasteiger partial charge in [0.15, 0.2) is 5.17 Å². The maximum atomic E-state index is 14.7. The summed E-state index contributed by atoms with van der Waals surface area (Å²) in [6, 6.07) is -1.09. The highest BCUT2D eigenvalue weighted by molar-refractivity contribution is 8.00. The highest BCUT2D eigenvalue weighted by atomic mass is 35.5. The van der Waals surface area contributed by atoms with Gasteiger partial charge in [-0.1, -0.05) is 50.1 Å². The molecule has 11 nitrogen and oxygen atoms in total. The van der Waals surface area contributed by atoms with Gasteiger partial charge in [-0.05, 0) is 68.9 Å². The Bertz CT molecular complexity index is 1220. The average Bonchev–Trinajstić information content (AvgIpc) is 3.84. The number of likely N-dealkylation sites (tertiary alicyclic amines) is 2. The molecule has 0 unspecified atom stereocenters. The number of ether oxygens (including phenoxy) is 3. The number of hydrogen-bond donors (Lipinski definition) is 1. The number of nitrogens with zero attached hydrogens (tertiary/aromatic N) is 4. The number of urea groups is 1. The molecule has 254 valence electrons. The van der Waals surface area contributed by atoms with Crippen LogP contribution in [-0.4, -0.2) is 102 Å². The van der Waals surface area contributed by atoms with Crippen LogP contribution in [0.3, 0.4) is 0 Å². The highest BCUT2D eigenvalue weighted by Gasteiger charge is 2.53. The van der Waals surface area contributed by atoms with E-state index in [9.17, 15) is 14.4 Å². The summed E-state index contributed by atoms with van der Waals surface area (Å²) in [5.41, 5.74) is 0.475. The van der Waals surface area contributed by atoms with E-state index in [0.29, 0.717) is 44.8 Å². The molecule has 3 fully saturated rings. The molecule has 3 amide bonds. The second-order valence-electron chi connectivity index (χ2n) is 12.1. The standard InChI is InChI=1S/C33H48ClN5O6S/c1-5-7-12-19-44-25-16-18-38(21-25)32(42)37-46-33(6-2,24-14-8-9-15-24)31(41)39-22-26(20-27(39)30(40)43-4)45-29-28(34)36-23(3)13-10-11-17-35-29/h5,10,13,24-27H,1,3,6-9,11-12,14-22H2,2,4H3,(H,37,42)/b13-10-,35-29?,36-28?/t25-,26+,27-,33+/m0/s1. The average molecular weight is 678 g/mol. The molecule has 2 saturated heterocycles. The summed E-state index contributed by atoms with van der Waals surface area (Å²) in [6.07, 6.45) is 12.7. The van der Waals surface area contributed by atoms with Gasteiger partial charge in [0.25, 0.3) is 0 Å². The zero-order valence-corrected chi connectivity index (χ0v) is 28.7. The van der Waals surface area contributed by atoms with Gasteiger partial charge in [0.05, 0.1) is 25.5 Å². The fraction of sp³-hybridized carbons (Fsp3) is 0.667. The summed E-state index contributed by atoms with van der Waals surface area (Å²) in [7, 11) is 1.31. The van der Waals surface area contributed by atoms with E-state index < -0.39 is 22.9 Å². The Balaban J connectivity index is 1.49. The van der Waals surface area contributed by atoms with Crippen molar-refractivity contribution in [3.8, 4) is 0 Å². The van der Waals surface area contributed by atoms with Crippen LogP contribution in [0.25, 0.3) is 0 Å². The number of carbonyl (C=O) groups is 3. The monoisotopic (exact) mass is 677 g/mol. The first-order valence-electron chi connectivity index (χ1n) is 16.4. The van der Waals surface area contributed by atoms with Gasteiger partial charge < -0.3 is 24.0 Å². The number of carbonyl (C=O) groups excluding carboxylic acids is 3. The summed E-state index contributed by atoms with van der Waals surface area (Å²) in [6.45, 7) is 11.9. The lowest BCUT2D eigenvalue weighted by molar-refractivity contribution is -0.152. The second-order valence-corrected chi connectivity index (χ2v) is 13.6. The molecular formula is C33H48ClN5O6S. The lowest BCUT2D eigenvalue weighted by Gasteiger charge is -2.40. The zero-order chi connectivity index (χ0) is 33.1. The number of nitrogens with one attached hydrogen (secondary N) is 1. The number of esters is 1. The Morgan fingerprint density at radius 1 is 1.22 bits per heavy atom. The molecule has 1 aliphatic carbocycles. The van der Waals surface area contributed by atoms with Gasteiger partial charge in [-0.25, -0.2) is 19.6 Å². The predicted octanol–water partition coefficient (Wildman–Crippen LogP) is 5.41. The van der Waals surface area contributed by atoms with Crippen molar-refractivity contribution in [2.24, 2.45) is 15.9 Å². The van der Waals surface area contributed by atoms with Gasteiger partial charge >= 0.3 is 12.0 Å². The number of aliphatic imine (C=N–C) groups is 2. The first-order valence-corrected chi connectivity index (χ1v) is 17.6. The zero-order valence-electron chi connectivity index (χ0n) is 27.1. The molecular weight excluding hydrogens is 630 g/mol. The van der Waals surface area contributed by atoms with Crippen molar-refractivity contribution in [1.82, 2.24) is 14.5 Å². The van der Waals surface area contributed by atoms with Crippen LogP contribution in [0.15, 0.2) is 47.1 Å². The van der Waals surface area contributed by atoms with E-state index in [0.717, 1.165) is 44.9 Å². The second kappa shape index (κ2) is 17.4. The lowest BCUT2D eigenvalue weighted by atomic mass is 9.86. The van der Waals surface area contributed by atoms with Crippen LogP contribution in [0, 0.1) is 5.92 Å². The number of unbranched alkanes of at least 4 members (excludes halogenated alkanes) is 1. The molecule has 3 aliphatic heterocycles. The van der Waals surface area contributed by atoms with Gasteiger partial charge in [0.1, 0.15) is 16.9 Å². The third-order valence-corrected chi connectivity index (χ3v) is 10.8. The molecule has 0 spiro atoms. The quantitative estimate of drug-likeness (QED) is 0.127. The van der Waals surface area contributed by atoms with E-state index in [4.69, 9.17) is 25.8 Å². The van der Waals surface area contributed by atoms with Gasteiger partial charge in [0, 0.05) is 32.7 Å². The maximum Gasteiger partial charge on any atom is 0.328 e. The minimum Gasteiger partial charge on any atom is -0.470 e. The fourth-order valence-corrected chi connectivity index (χ4v) is 7.98. The normalized spacial score (nSPS) is 25.9. The summed E-state index contributed by atoms with van der Waals surface area (Å²) >= 11 is 7.64. The predicted molar refractivity (Wildman–Crippen MR) is 182 cm³/mol. The summed E-state index contributed by atoms with van der Waals surface area (Å²) in [5, 5.41) is 0.0642. The number of halogens is 1. The molecule has 1 saturated carbocycles. The van der Waals surface area contributed by atoms with Crippen LogP contribution < -0.4 is 4.72 Å². The molecule has 4 atom stereocenters. The molecule has 0 aromatic carbocycles. The van der Waals surface area contributed by atoms with E-state index >= 15 is 0 Å². The largest absolute Gasteiger partial charge is 0.470 e. The molecule has 3 heterocycles. The summed E-state index contributed by atoms with van der Waals surface area (Å²) < 4.78 is 19.4. The topological polar surface area (TPSA) is 122 Å². The van der Waals surface area contributed by atoms with Gasteiger partial charge in [-0.2, -0.15) is 0 Å². The van der Waals surface area contributed by atoms with Crippen LogP contribution in [0.1, 0.15) is 71.1 Å². The van der Waals surface area contributed by atoms with Crippen molar-refractivity contribution in [1.29, 1.82) is 0 Å². The van der Waals surface area contributed by atoms with Crippen molar-refractivity contribution < 1.29 is 28.6 Å².